The van der Waals surface area contributed by atoms with E-state index >= 15 is 0 Å². The highest BCUT2D eigenvalue weighted by atomic mass is 35.5. The highest BCUT2D eigenvalue weighted by Crippen LogP contribution is 2.22. The fourth-order valence-corrected chi connectivity index (χ4v) is 1.07. The summed E-state index contributed by atoms with van der Waals surface area (Å²) < 4.78 is 5.35. The lowest BCUT2D eigenvalue weighted by atomic mass is 10.3. The maximum absolute atomic E-state index is 5.88. The van der Waals surface area contributed by atoms with Gasteiger partial charge in [0.15, 0.2) is 0 Å². The maximum atomic E-state index is 5.88. The Hall–Kier alpha value is -1.17. The van der Waals surface area contributed by atoms with Gasteiger partial charge in [-0.2, -0.15) is 0 Å². The van der Waals surface area contributed by atoms with Crippen LogP contribution in [0.3, 0.4) is 0 Å². The van der Waals surface area contributed by atoms with Crippen LogP contribution < -0.4 is 10.1 Å². The quantitative estimate of drug-likeness (QED) is 0.769. The number of benzene rings is 1. The van der Waals surface area contributed by atoms with Crippen molar-refractivity contribution >= 4 is 11.6 Å². The SMILES string of the molecule is CNCC#CCOc1ccccc1Cl. The number of hydrogen-bond donors (Lipinski definition) is 1. The van der Waals surface area contributed by atoms with Crippen LogP contribution in [0.15, 0.2) is 24.3 Å². The number of nitrogens with one attached hydrogen (secondary N) is 1. The Morgan fingerprint density at radius 2 is 2.14 bits per heavy atom. The molecule has 0 heterocycles. The molecule has 0 unspecified atom stereocenters. The van der Waals surface area contributed by atoms with E-state index in [1.54, 1.807) is 6.07 Å². The van der Waals surface area contributed by atoms with Crippen molar-refractivity contribution in [3.63, 3.8) is 0 Å². The molecule has 0 amide bonds. The van der Waals surface area contributed by atoms with Crippen LogP contribution in [0.25, 0.3) is 0 Å². The lowest BCUT2D eigenvalue weighted by Crippen LogP contribution is -2.05. The molecule has 1 rings (SSSR count). The van der Waals surface area contributed by atoms with Crippen molar-refractivity contribution in [1.82, 2.24) is 5.32 Å². The highest BCUT2D eigenvalue weighted by molar-refractivity contribution is 6.32. The smallest absolute Gasteiger partial charge is 0.149 e. The van der Waals surface area contributed by atoms with E-state index in [4.69, 9.17) is 16.3 Å². The summed E-state index contributed by atoms with van der Waals surface area (Å²) in [5.74, 6) is 6.44. The Kier molecular flexibility index (Phi) is 4.92. The number of ether oxygens (including phenoxy) is 1. The van der Waals surface area contributed by atoms with Crippen LogP contribution in [0.4, 0.5) is 0 Å². The van der Waals surface area contributed by atoms with Crippen molar-refractivity contribution < 1.29 is 4.74 Å². The fourth-order valence-electron chi connectivity index (χ4n) is 0.878. The van der Waals surface area contributed by atoms with Gasteiger partial charge >= 0.3 is 0 Å². The first kappa shape index (κ1) is 10.9. The summed E-state index contributed by atoms with van der Waals surface area (Å²) >= 11 is 5.88. The maximum Gasteiger partial charge on any atom is 0.149 e. The monoisotopic (exact) mass is 209 g/mol. The summed E-state index contributed by atoms with van der Waals surface area (Å²) in [5.41, 5.74) is 0. The van der Waals surface area contributed by atoms with E-state index in [0.717, 1.165) is 0 Å². The Morgan fingerprint density at radius 3 is 2.86 bits per heavy atom. The van der Waals surface area contributed by atoms with Gasteiger partial charge in [-0.3, -0.25) is 0 Å². The lowest BCUT2D eigenvalue weighted by molar-refractivity contribution is 0.370. The molecule has 0 aliphatic heterocycles. The van der Waals surface area contributed by atoms with E-state index in [9.17, 15) is 0 Å². The van der Waals surface area contributed by atoms with E-state index in [0.29, 0.717) is 23.9 Å². The zero-order valence-corrected chi connectivity index (χ0v) is 8.77. The van der Waals surface area contributed by atoms with Gasteiger partial charge in [-0.15, -0.1) is 0 Å². The third-order valence-corrected chi connectivity index (χ3v) is 1.84. The average molecular weight is 210 g/mol. The zero-order chi connectivity index (χ0) is 10.2. The summed E-state index contributed by atoms with van der Waals surface area (Å²) in [6.07, 6.45) is 0. The molecule has 3 heteroatoms. The van der Waals surface area contributed by atoms with Crippen molar-refractivity contribution in [1.29, 1.82) is 0 Å². The Labute approximate surface area is 89.2 Å². The number of rotatable bonds is 3. The minimum atomic E-state index is 0.366. The molecule has 1 aromatic carbocycles. The van der Waals surface area contributed by atoms with Gasteiger partial charge in [0.1, 0.15) is 12.4 Å². The molecule has 0 radical (unpaired) electrons. The van der Waals surface area contributed by atoms with Crippen molar-refractivity contribution in [3.05, 3.63) is 29.3 Å². The average Bonchev–Trinajstić information content (AvgIpc) is 2.20. The summed E-state index contributed by atoms with van der Waals surface area (Å²) in [4.78, 5) is 0. The van der Waals surface area contributed by atoms with Crippen LogP contribution in [0.1, 0.15) is 0 Å². The van der Waals surface area contributed by atoms with Crippen LogP contribution in [0, 0.1) is 11.8 Å². The van der Waals surface area contributed by atoms with Crippen molar-refractivity contribution in [3.8, 4) is 17.6 Å². The Bertz CT molecular complexity index is 341. The van der Waals surface area contributed by atoms with Crippen molar-refractivity contribution in [2.45, 2.75) is 0 Å². The Morgan fingerprint density at radius 1 is 1.36 bits per heavy atom. The molecule has 0 saturated carbocycles. The van der Waals surface area contributed by atoms with Crippen molar-refractivity contribution in [2.24, 2.45) is 0 Å². The fraction of sp³-hybridized carbons (Fsp3) is 0.273. The van der Waals surface area contributed by atoms with Crippen molar-refractivity contribution in [2.75, 3.05) is 20.2 Å². The second-order valence-electron chi connectivity index (χ2n) is 2.60. The third kappa shape index (κ3) is 3.69. The van der Waals surface area contributed by atoms with Gasteiger partial charge in [0.05, 0.1) is 11.6 Å². The molecule has 2 nitrogen and oxygen atoms in total. The number of para-hydroxylation sites is 1. The zero-order valence-electron chi connectivity index (χ0n) is 8.01. The highest BCUT2D eigenvalue weighted by Gasteiger charge is 1.96. The van der Waals surface area contributed by atoms with E-state index in [-0.39, 0.29) is 0 Å². The van der Waals surface area contributed by atoms with Crippen LogP contribution in [-0.4, -0.2) is 20.2 Å². The first-order valence-corrected chi connectivity index (χ1v) is 4.70. The third-order valence-electron chi connectivity index (χ3n) is 1.53. The standard InChI is InChI=1S/C11H12ClNO/c1-13-8-4-5-9-14-11-7-3-2-6-10(11)12/h2-3,6-7,13H,8-9H2,1H3. The second kappa shape index (κ2) is 6.31. The predicted octanol–water partition coefficient (Wildman–Crippen LogP) is 1.94. The van der Waals surface area contributed by atoms with Gasteiger partial charge in [0, 0.05) is 0 Å². The molecule has 1 N–H and O–H groups in total. The molecule has 0 saturated heterocycles. The molecular weight excluding hydrogens is 198 g/mol. The molecule has 0 atom stereocenters. The normalized spacial score (nSPS) is 9.00. The van der Waals surface area contributed by atoms with Gasteiger partial charge in [-0.25, -0.2) is 0 Å². The van der Waals surface area contributed by atoms with Crippen LogP contribution >= 0.6 is 11.6 Å². The van der Waals surface area contributed by atoms with Gasteiger partial charge in [-0.1, -0.05) is 35.6 Å². The number of hydrogen-bond acceptors (Lipinski definition) is 2. The van der Waals surface area contributed by atoms with E-state index in [1.807, 2.05) is 25.2 Å². The van der Waals surface area contributed by atoms with Crippen LogP contribution in [0.5, 0.6) is 5.75 Å². The minimum Gasteiger partial charge on any atom is -0.479 e. The summed E-state index contributed by atoms with van der Waals surface area (Å²) in [5, 5.41) is 3.54. The van der Waals surface area contributed by atoms with E-state index in [1.165, 1.54) is 0 Å². The molecule has 74 valence electrons. The molecule has 0 spiro atoms. The predicted molar refractivity (Wildman–Crippen MR) is 58.6 cm³/mol. The second-order valence-corrected chi connectivity index (χ2v) is 3.01. The summed E-state index contributed by atoms with van der Waals surface area (Å²) in [6, 6.07) is 7.35. The molecule has 0 fully saturated rings. The van der Waals surface area contributed by atoms with Crippen LogP contribution in [-0.2, 0) is 0 Å². The molecule has 0 aliphatic rings. The van der Waals surface area contributed by atoms with E-state index < -0.39 is 0 Å². The first-order chi connectivity index (χ1) is 6.84. The van der Waals surface area contributed by atoms with Gasteiger partial charge in [0.2, 0.25) is 0 Å². The van der Waals surface area contributed by atoms with Gasteiger partial charge in [0.25, 0.3) is 0 Å². The largest absolute Gasteiger partial charge is 0.479 e. The molecule has 14 heavy (non-hydrogen) atoms. The Balaban J connectivity index is 2.40. The minimum absolute atomic E-state index is 0.366. The van der Waals surface area contributed by atoms with Crippen LogP contribution in [0.2, 0.25) is 5.02 Å². The molecule has 1 aromatic rings. The first-order valence-electron chi connectivity index (χ1n) is 4.32. The summed E-state index contributed by atoms with van der Waals surface area (Å²) in [7, 11) is 1.85. The topological polar surface area (TPSA) is 21.3 Å². The van der Waals surface area contributed by atoms with Gasteiger partial charge < -0.3 is 10.1 Å². The number of halogens is 1. The molecule has 0 bridgehead atoms. The van der Waals surface area contributed by atoms with E-state index in [2.05, 4.69) is 17.2 Å². The molecule has 0 aromatic heterocycles. The molecular formula is C11H12ClNO. The lowest BCUT2D eigenvalue weighted by Gasteiger charge is -2.02. The molecule has 0 aliphatic carbocycles. The van der Waals surface area contributed by atoms with Gasteiger partial charge in [-0.05, 0) is 19.2 Å². The summed E-state index contributed by atoms with van der Waals surface area (Å²) in [6.45, 7) is 1.04.